The zero-order valence-electron chi connectivity index (χ0n) is 31.2. The van der Waals surface area contributed by atoms with Gasteiger partial charge in [0.25, 0.3) is 0 Å². The minimum absolute atomic E-state index is 0.0522. The number of fused-ring (bicyclic) bond motifs is 7. The van der Waals surface area contributed by atoms with Crippen LogP contribution in [-0.2, 0) is 23.9 Å². The van der Waals surface area contributed by atoms with Gasteiger partial charge in [0.2, 0.25) is 0 Å². The van der Waals surface area contributed by atoms with Crippen LogP contribution in [0.2, 0.25) is 0 Å². The van der Waals surface area contributed by atoms with Crippen molar-refractivity contribution in [3.8, 4) is 0 Å². The van der Waals surface area contributed by atoms with Crippen molar-refractivity contribution in [3.05, 3.63) is 36.0 Å². The Morgan fingerprint density at radius 3 is 2.25 bits per heavy atom. The Balaban J connectivity index is 1.55. The van der Waals surface area contributed by atoms with Crippen LogP contribution in [0.25, 0.3) is 0 Å². The van der Waals surface area contributed by atoms with Gasteiger partial charge in [0.15, 0.2) is 6.10 Å². The predicted molar refractivity (Wildman–Crippen MR) is 187 cm³/mol. The summed E-state index contributed by atoms with van der Waals surface area (Å²) in [5, 5.41) is 22.3. The molecule has 5 rings (SSSR count). The van der Waals surface area contributed by atoms with Crippen LogP contribution < -0.4 is 0 Å². The number of carbonyl (C=O) groups is 3. The van der Waals surface area contributed by atoms with E-state index in [1.165, 1.54) is 18.6 Å². The summed E-state index contributed by atoms with van der Waals surface area (Å²) in [6, 6.07) is 0. The third kappa shape index (κ3) is 5.44. The minimum atomic E-state index is -1.42. The number of aliphatic hydroxyl groups is 1. The number of esters is 2. The molecule has 4 fully saturated rings. The summed E-state index contributed by atoms with van der Waals surface area (Å²) in [6.07, 6.45) is 14.2. The highest BCUT2D eigenvalue weighted by atomic mass is 16.6. The Morgan fingerprint density at radius 1 is 0.938 bits per heavy atom. The lowest BCUT2D eigenvalue weighted by Crippen LogP contribution is -2.69. The molecule has 7 nitrogen and oxygen atoms in total. The summed E-state index contributed by atoms with van der Waals surface area (Å²) >= 11 is 0. The predicted octanol–water partition coefficient (Wildman–Crippen LogP) is 8.46. The number of aliphatic carboxylic acids is 1. The van der Waals surface area contributed by atoms with Gasteiger partial charge in [-0.3, -0.25) is 9.59 Å². The van der Waals surface area contributed by atoms with E-state index in [2.05, 4.69) is 54.5 Å². The fourth-order valence-corrected chi connectivity index (χ4v) is 12.0. The Bertz CT molecular complexity index is 1390. The molecule has 5 aliphatic carbocycles. The second-order valence-electron chi connectivity index (χ2n) is 18.3. The van der Waals surface area contributed by atoms with Crippen LogP contribution >= 0.6 is 0 Å². The second-order valence-corrected chi connectivity index (χ2v) is 18.3. The molecule has 4 saturated carbocycles. The Labute approximate surface area is 289 Å². The van der Waals surface area contributed by atoms with E-state index in [1.807, 2.05) is 26.0 Å². The van der Waals surface area contributed by atoms with Crippen molar-refractivity contribution in [2.75, 3.05) is 0 Å². The first-order valence-electron chi connectivity index (χ1n) is 18.6. The summed E-state index contributed by atoms with van der Waals surface area (Å²) < 4.78 is 12.1. The van der Waals surface area contributed by atoms with E-state index in [4.69, 9.17) is 9.47 Å². The molecule has 0 spiro atoms. The van der Waals surface area contributed by atoms with Crippen molar-refractivity contribution >= 4 is 17.9 Å². The Morgan fingerprint density at radius 2 is 1.62 bits per heavy atom. The molecule has 268 valence electrons. The topological polar surface area (TPSA) is 110 Å². The molecule has 0 bridgehead atoms. The molecule has 0 amide bonds. The zero-order valence-corrected chi connectivity index (χ0v) is 31.2. The number of rotatable bonds is 7. The van der Waals surface area contributed by atoms with Gasteiger partial charge in [-0.15, -0.1) is 0 Å². The minimum Gasteiger partial charge on any atom is -0.481 e. The number of carbonyl (C=O) groups excluding carboxylic acids is 2. The van der Waals surface area contributed by atoms with Crippen LogP contribution in [0.5, 0.6) is 0 Å². The van der Waals surface area contributed by atoms with E-state index in [-0.39, 0.29) is 33.7 Å². The maximum atomic E-state index is 13.7. The van der Waals surface area contributed by atoms with Gasteiger partial charge in [-0.05, 0) is 90.8 Å². The number of allylic oxidation sites excluding steroid dienone is 5. The monoisotopic (exact) mass is 666 g/mol. The molecular formula is C41H62O7. The van der Waals surface area contributed by atoms with Gasteiger partial charge >= 0.3 is 17.9 Å². The first-order chi connectivity index (χ1) is 22.2. The average molecular weight is 667 g/mol. The van der Waals surface area contributed by atoms with Crippen LogP contribution in [0.15, 0.2) is 36.0 Å². The van der Waals surface area contributed by atoms with E-state index < -0.39 is 40.9 Å². The number of hydrogen-bond acceptors (Lipinski definition) is 6. The standard InChI is InChI=1S/C41H62O7/c1-11-25(2)14-12-13-15-32(44)48-33-34(47-26(3)42)41(35(45)46)23-22-39(9)27(28(41)24-36(33,4)5)16-17-30-38(8)20-19-31(43)37(6,7)29(38)18-21-40(30,39)10/h12-16,25,28-31,33-34,43H,11,17-24H2,1-10H3,(H,45,46)/b14-12+,15-13-/t25?,28-,29-,30+,31-,33-,34-,38-,39+,40+,41-/m0/s1. The van der Waals surface area contributed by atoms with Crippen molar-refractivity contribution in [1.29, 1.82) is 0 Å². The highest BCUT2D eigenvalue weighted by molar-refractivity contribution is 5.83. The van der Waals surface area contributed by atoms with E-state index in [0.29, 0.717) is 37.0 Å². The van der Waals surface area contributed by atoms with Crippen molar-refractivity contribution < 1.29 is 34.1 Å². The number of ether oxygens (including phenoxy) is 2. The average Bonchev–Trinajstić information content (AvgIpc) is 2.99. The summed E-state index contributed by atoms with van der Waals surface area (Å²) in [7, 11) is 0. The highest BCUT2D eigenvalue weighted by Crippen LogP contribution is 2.76. The fraction of sp³-hybridized carbons (Fsp3) is 0.780. The van der Waals surface area contributed by atoms with Gasteiger partial charge in [-0.25, -0.2) is 4.79 Å². The largest absolute Gasteiger partial charge is 0.481 e. The first kappa shape index (κ1) is 36.9. The van der Waals surface area contributed by atoms with Crippen LogP contribution in [0.4, 0.5) is 0 Å². The molecule has 0 aliphatic heterocycles. The lowest BCUT2D eigenvalue weighted by molar-refractivity contribution is -0.237. The van der Waals surface area contributed by atoms with Crippen LogP contribution in [0, 0.1) is 56.2 Å². The van der Waals surface area contributed by atoms with Crippen molar-refractivity contribution in [3.63, 3.8) is 0 Å². The van der Waals surface area contributed by atoms with Crippen molar-refractivity contribution in [1.82, 2.24) is 0 Å². The van der Waals surface area contributed by atoms with Gasteiger partial charge in [0.1, 0.15) is 11.5 Å². The molecule has 0 aromatic heterocycles. The molecule has 48 heavy (non-hydrogen) atoms. The molecule has 1 unspecified atom stereocenters. The van der Waals surface area contributed by atoms with Crippen LogP contribution in [0.1, 0.15) is 127 Å². The van der Waals surface area contributed by atoms with Gasteiger partial charge in [0.05, 0.1) is 6.10 Å². The molecule has 11 atom stereocenters. The molecule has 2 N–H and O–H groups in total. The zero-order chi connectivity index (χ0) is 35.7. The molecule has 7 heteroatoms. The van der Waals surface area contributed by atoms with E-state index >= 15 is 0 Å². The summed E-state index contributed by atoms with van der Waals surface area (Å²) in [4.78, 5) is 39.7. The maximum absolute atomic E-state index is 13.7. The molecule has 0 aromatic carbocycles. The first-order valence-corrected chi connectivity index (χ1v) is 18.6. The Hall–Kier alpha value is -2.41. The molecular weight excluding hydrogens is 604 g/mol. The Kier molecular flexibility index (Phi) is 9.54. The number of carboxylic acid groups (broad SMARTS) is 1. The van der Waals surface area contributed by atoms with E-state index in [1.54, 1.807) is 6.08 Å². The summed E-state index contributed by atoms with van der Waals surface area (Å²) in [6.45, 7) is 21.3. The summed E-state index contributed by atoms with van der Waals surface area (Å²) in [5.41, 5.74) is -1.26. The van der Waals surface area contributed by atoms with Gasteiger partial charge in [-0.1, -0.05) is 98.6 Å². The fourth-order valence-electron chi connectivity index (χ4n) is 12.0. The third-order valence-corrected chi connectivity index (χ3v) is 15.2. The quantitative estimate of drug-likeness (QED) is 0.121. The molecule has 0 aromatic rings. The SMILES string of the molecule is CCC(C)/C=C/C=C\C(=O)O[C@H]1[C@H](OC(C)=O)[C@]2(C(=O)O)CC[C@]3(C)C(=CC[C@@H]4[C@@]5(C)CC[C@H](O)C(C)(C)[C@@H]5CC[C@]43C)[C@@H]2CC1(C)C. The number of carboxylic acids is 1. The number of aliphatic hydroxyl groups excluding tert-OH is 1. The van der Waals surface area contributed by atoms with Crippen LogP contribution in [0.3, 0.4) is 0 Å². The van der Waals surface area contributed by atoms with Gasteiger partial charge in [-0.2, -0.15) is 0 Å². The van der Waals surface area contributed by atoms with Crippen molar-refractivity contribution in [2.45, 2.75) is 145 Å². The number of hydrogen-bond donors (Lipinski definition) is 2. The normalized spacial score (nSPS) is 43.6. The molecule has 0 radical (unpaired) electrons. The smallest absolute Gasteiger partial charge is 0.331 e. The molecule has 0 heterocycles. The van der Waals surface area contributed by atoms with Crippen molar-refractivity contribution in [2.24, 2.45) is 56.2 Å². The lowest BCUT2D eigenvalue weighted by Gasteiger charge is -2.71. The molecule has 5 aliphatic rings. The summed E-state index contributed by atoms with van der Waals surface area (Å²) in [5.74, 6) is -1.29. The third-order valence-electron chi connectivity index (χ3n) is 15.2. The van der Waals surface area contributed by atoms with Gasteiger partial charge < -0.3 is 19.7 Å². The van der Waals surface area contributed by atoms with Crippen LogP contribution in [-0.4, -0.2) is 46.4 Å². The van der Waals surface area contributed by atoms with Gasteiger partial charge in [0, 0.05) is 24.3 Å². The second kappa shape index (κ2) is 12.4. The molecule has 0 saturated heterocycles. The maximum Gasteiger partial charge on any atom is 0.331 e. The highest BCUT2D eigenvalue weighted by Gasteiger charge is 2.73. The van der Waals surface area contributed by atoms with E-state index in [9.17, 15) is 24.6 Å². The van der Waals surface area contributed by atoms with E-state index in [0.717, 1.165) is 38.5 Å². The lowest BCUT2D eigenvalue weighted by atomic mass is 9.33.